The number of hydrogen-bond donors (Lipinski definition) is 1. The van der Waals surface area contributed by atoms with Crippen molar-refractivity contribution in [2.45, 2.75) is 51.1 Å². The topological polar surface area (TPSA) is 95.8 Å². The van der Waals surface area contributed by atoms with Gasteiger partial charge in [-0.3, -0.25) is 14.5 Å². The van der Waals surface area contributed by atoms with Crippen molar-refractivity contribution in [3.8, 4) is 0 Å². The van der Waals surface area contributed by atoms with Gasteiger partial charge in [0.1, 0.15) is 12.1 Å². The zero-order valence-electron chi connectivity index (χ0n) is 14.4. The summed E-state index contributed by atoms with van der Waals surface area (Å²) >= 11 is 0. The minimum atomic E-state index is -0.857. The summed E-state index contributed by atoms with van der Waals surface area (Å²) in [4.78, 5) is 40.4. The zero-order chi connectivity index (χ0) is 17.8. The molecule has 0 radical (unpaired) electrons. The first-order chi connectivity index (χ1) is 11.9. The summed E-state index contributed by atoms with van der Waals surface area (Å²) in [5, 5.41) is 6.66. The van der Waals surface area contributed by atoms with Crippen molar-refractivity contribution < 1.29 is 18.9 Å². The fourth-order valence-electron chi connectivity index (χ4n) is 3.92. The van der Waals surface area contributed by atoms with Gasteiger partial charge in [-0.05, 0) is 45.4 Å². The van der Waals surface area contributed by atoms with Gasteiger partial charge < -0.3 is 14.7 Å². The molecule has 4 amide bonds. The highest BCUT2D eigenvalue weighted by molar-refractivity contribution is 6.09. The average molecular weight is 346 g/mol. The molecule has 3 fully saturated rings. The summed E-state index contributed by atoms with van der Waals surface area (Å²) in [5.41, 5.74) is -0.0901. The van der Waals surface area contributed by atoms with Crippen molar-refractivity contribution in [2.24, 2.45) is 5.92 Å². The van der Waals surface area contributed by atoms with Crippen LogP contribution in [0.1, 0.15) is 50.1 Å². The molecule has 3 aliphatic rings. The molecule has 4 rings (SSSR count). The van der Waals surface area contributed by atoms with Gasteiger partial charge in [-0.15, -0.1) is 0 Å². The van der Waals surface area contributed by atoms with E-state index in [1.54, 1.807) is 11.8 Å². The van der Waals surface area contributed by atoms with Crippen molar-refractivity contribution in [3.05, 3.63) is 17.5 Å². The van der Waals surface area contributed by atoms with Gasteiger partial charge in [-0.25, -0.2) is 4.79 Å². The minimum Gasteiger partial charge on any atom is -0.359 e. The van der Waals surface area contributed by atoms with Crippen molar-refractivity contribution >= 4 is 17.8 Å². The number of urea groups is 1. The SMILES string of the molecule is Cc1cc([C@H]2CCCN2C(=O)CN2C(=O)N[C@@](C)(C3CC3)C2=O)on1. The first-order valence-corrected chi connectivity index (χ1v) is 8.77. The molecule has 0 unspecified atom stereocenters. The fraction of sp³-hybridized carbons (Fsp3) is 0.647. The smallest absolute Gasteiger partial charge is 0.325 e. The number of carbonyl (C=O) groups excluding carboxylic acids is 3. The number of rotatable bonds is 4. The Kier molecular flexibility index (Phi) is 3.59. The first-order valence-electron chi connectivity index (χ1n) is 8.77. The standard InChI is InChI=1S/C17H22N4O4/c1-10-8-13(25-19-10)12-4-3-7-20(12)14(22)9-21-15(23)17(2,11-5-6-11)18-16(21)24/h8,11-12H,3-7,9H2,1-2H3,(H,18,24)/t12-,17+/m1/s1. The number of aromatic nitrogens is 1. The summed E-state index contributed by atoms with van der Waals surface area (Å²) in [6.45, 7) is 3.95. The molecular weight excluding hydrogens is 324 g/mol. The number of nitrogens with one attached hydrogen (secondary N) is 1. The average Bonchev–Trinajstić information content (AvgIpc) is 3.10. The van der Waals surface area contributed by atoms with Crippen molar-refractivity contribution in [3.63, 3.8) is 0 Å². The van der Waals surface area contributed by atoms with Crippen LogP contribution in [0.15, 0.2) is 10.6 Å². The molecule has 2 atom stereocenters. The number of imide groups is 1. The van der Waals surface area contributed by atoms with Crippen LogP contribution in [0.4, 0.5) is 4.79 Å². The van der Waals surface area contributed by atoms with Crippen LogP contribution in [0.25, 0.3) is 0 Å². The molecule has 2 aliphatic heterocycles. The Hall–Kier alpha value is -2.38. The monoisotopic (exact) mass is 346 g/mol. The van der Waals surface area contributed by atoms with E-state index >= 15 is 0 Å². The maximum absolute atomic E-state index is 12.8. The molecule has 8 nitrogen and oxygen atoms in total. The molecular formula is C17H22N4O4. The Morgan fingerprint density at radius 2 is 2.16 bits per heavy atom. The largest absolute Gasteiger partial charge is 0.359 e. The van der Waals surface area contributed by atoms with E-state index in [0.717, 1.165) is 36.3 Å². The van der Waals surface area contributed by atoms with Crippen LogP contribution < -0.4 is 5.32 Å². The van der Waals surface area contributed by atoms with Crippen molar-refractivity contribution in [1.82, 2.24) is 20.3 Å². The molecule has 8 heteroatoms. The third-order valence-corrected chi connectivity index (χ3v) is 5.54. The van der Waals surface area contributed by atoms with Gasteiger partial charge in [0.2, 0.25) is 5.91 Å². The van der Waals surface area contributed by atoms with Crippen LogP contribution in [-0.4, -0.2) is 51.4 Å². The highest BCUT2D eigenvalue weighted by atomic mass is 16.5. The van der Waals surface area contributed by atoms with Gasteiger partial charge in [0.25, 0.3) is 5.91 Å². The van der Waals surface area contributed by atoms with Crippen molar-refractivity contribution in [2.75, 3.05) is 13.1 Å². The fourth-order valence-corrected chi connectivity index (χ4v) is 3.92. The van der Waals surface area contributed by atoms with E-state index < -0.39 is 11.6 Å². The number of likely N-dealkylation sites (tertiary alicyclic amines) is 1. The predicted molar refractivity (Wildman–Crippen MR) is 86.3 cm³/mol. The lowest BCUT2D eigenvalue weighted by Crippen LogP contribution is -2.47. The second kappa shape index (κ2) is 5.57. The van der Waals surface area contributed by atoms with E-state index in [1.165, 1.54) is 0 Å². The van der Waals surface area contributed by atoms with E-state index in [9.17, 15) is 14.4 Å². The van der Waals surface area contributed by atoms with Gasteiger partial charge in [0.05, 0.1) is 11.7 Å². The van der Waals surface area contributed by atoms with E-state index in [4.69, 9.17) is 4.52 Å². The zero-order valence-corrected chi connectivity index (χ0v) is 14.4. The first kappa shape index (κ1) is 16.1. The highest BCUT2D eigenvalue weighted by Crippen LogP contribution is 2.42. The molecule has 25 heavy (non-hydrogen) atoms. The van der Waals surface area contributed by atoms with Crippen LogP contribution >= 0.6 is 0 Å². The Labute approximate surface area is 145 Å². The molecule has 1 aromatic heterocycles. The lowest BCUT2D eigenvalue weighted by atomic mass is 9.96. The maximum atomic E-state index is 12.8. The lowest BCUT2D eigenvalue weighted by Gasteiger charge is -2.25. The van der Waals surface area contributed by atoms with Crippen LogP contribution in [0, 0.1) is 12.8 Å². The lowest BCUT2D eigenvalue weighted by molar-refractivity contribution is -0.139. The molecule has 3 heterocycles. The number of carbonyl (C=O) groups is 3. The molecule has 2 saturated heterocycles. The summed E-state index contributed by atoms with van der Waals surface area (Å²) in [6, 6.07) is 1.18. The summed E-state index contributed by atoms with van der Waals surface area (Å²) in [7, 11) is 0. The van der Waals surface area contributed by atoms with Gasteiger partial charge in [-0.1, -0.05) is 5.16 Å². The van der Waals surface area contributed by atoms with Crippen LogP contribution in [-0.2, 0) is 9.59 Å². The van der Waals surface area contributed by atoms with Gasteiger partial charge in [-0.2, -0.15) is 0 Å². The summed E-state index contributed by atoms with van der Waals surface area (Å²) in [5.74, 6) is 0.309. The molecule has 0 aromatic carbocycles. The third-order valence-electron chi connectivity index (χ3n) is 5.54. The van der Waals surface area contributed by atoms with E-state index in [1.807, 2.05) is 13.0 Å². The second-order valence-electron chi connectivity index (χ2n) is 7.41. The van der Waals surface area contributed by atoms with E-state index in [2.05, 4.69) is 10.5 Å². The quantitative estimate of drug-likeness (QED) is 0.831. The van der Waals surface area contributed by atoms with Crippen molar-refractivity contribution in [1.29, 1.82) is 0 Å². The Morgan fingerprint density at radius 1 is 1.40 bits per heavy atom. The molecule has 1 aliphatic carbocycles. The molecule has 0 spiro atoms. The molecule has 1 N–H and O–H groups in total. The van der Waals surface area contributed by atoms with Crippen LogP contribution in [0.2, 0.25) is 0 Å². The van der Waals surface area contributed by atoms with E-state index in [0.29, 0.717) is 12.3 Å². The molecule has 1 saturated carbocycles. The summed E-state index contributed by atoms with van der Waals surface area (Å²) < 4.78 is 5.31. The minimum absolute atomic E-state index is 0.177. The number of hydrogen-bond acceptors (Lipinski definition) is 5. The Bertz CT molecular complexity index is 741. The highest BCUT2D eigenvalue weighted by Gasteiger charge is 2.56. The number of aryl methyl sites for hydroxylation is 1. The second-order valence-corrected chi connectivity index (χ2v) is 7.41. The predicted octanol–water partition coefficient (Wildman–Crippen LogP) is 1.37. The molecule has 134 valence electrons. The normalized spacial score (nSPS) is 29.4. The Morgan fingerprint density at radius 3 is 2.80 bits per heavy atom. The van der Waals surface area contributed by atoms with Gasteiger partial charge >= 0.3 is 6.03 Å². The maximum Gasteiger partial charge on any atom is 0.325 e. The van der Waals surface area contributed by atoms with Crippen LogP contribution in [0.3, 0.4) is 0 Å². The van der Waals surface area contributed by atoms with Crippen LogP contribution in [0.5, 0.6) is 0 Å². The van der Waals surface area contributed by atoms with E-state index in [-0.39, 0.29) is 30.3 Å². The number of amides is 4. The van der Waals surface area contributed by atoms with Gasteiger partial charge in [0.15, 0.2) is 5.76 Å². The third kappa shape index (κ3) is 2.60. The Balaban J connectivity index is 1.48. The number of nitrogens with zero attached hydrogens (tertiary/aromatic N) is 3. The molecule has 0 bridgehead atoms. The summed E-state index contributed by atoms with van der Waals surface area (Å²) in [6.07, 6.45) is 3.52. The van der Waals surface area contributed by atoms with Gasteiger partial charge in [0, 0.05) is 12.6 Å². The molecule has 1 aromatic rings.